The van der Waals surface area contributed by atoms with Crippen LogP contribution in [0.25, 0.3) is 16.9 Å². The van der Waals surface area contributed by atoms with Crippen molar-refractivity contribution in [2.45, 2.75) is 18.8 Å². The molecule has 1 fully saturated rings. The number of hydrogen-bond donors (Lipinski definition) is 0. The van der Waals surface area contributed by atoms with Crippen molar-refractivity contribution in [2.24, 2.45) is 5.92 Å². The van der Waals surface area contributed by atoms with Gasteiger partial charge in [-0.05, 0) is 6.07 Å². The molecule has 1 saturated carbocycles. The molecule has 0 spiro atoms. The van der Waals surface area contributed by atoms with E-state index in [4.69, 9.17) is 4.74 Å². The van der Waals surface area contributed by atoms with Gasteiger partial charge in [-0.25, -0.2) is 26.9 Å². The lowest BCUT2D eigenvalue weighted by atomic mass is 10.2. The quantitative estimate of drug-likeness (QED) is 0.644. The number of rotatable bonds is 5. The van der Waals surface area contributed by atoms with Crippen molar-refractivity contribution in [1.82, 2.24) is 24.6 Å². The fourth-order valence-corrected chi connectivity index (χ4v) is 2.42. The van der Waals surface area contributed by atoms with Gasteiger partial charge in [-0.1, -0.05) is 0 Å². The molecule has 6 nitrogen and oxygen atoms in total. The molecule has 1 aliphatic rings. The van der Waals surface area contributed by atoms with Crippen molar-refractivity contribution < 1.29 is 26.7 Å². The van der Waals surface area contributed by atoms with Crippen LogP contribution in [0, 0.1) is 11.7 Å². The summed E-state index contributed by atoms with van der Waals surface area (Å²) in [6, 6.07) is 1.04. The predicted octanol–water partition coefficient (Wildman–Crippen LogP) is 3.30. The van der Waals surface area contributed by atoms with Gasteiger partial charge in [0, 0.05) is 24.4 Å². The van der Waals surface area contributed by atoms with Gasteiger partial charge in [-0.2, -0.15) is 0 Å². The summed E-state index contributed by atoms with van der Waals surface area (Å²) in [7, 11) is 0. The highest BCUT2D eigenvalue weighted by Crippen LogP contribution is 2.48. The normalized spacial score (nSPS) is 18.5. The molecule has 0 radical (unpaired) electrons. The van der Waals surface area contributed by atoms with Crippen molar-refractivity contribution in [3.63, 3.8) is 0 Å². The Balaban J connectivity index is 1.58. The summed E-state index contributed by atoms with van der Waals surface area (Å²) in [6.07, 6.45) is 0.530. The average molecular weight is 371 g/mol. The number of pyridine rings is 1. The standard InChI is InChI=1S/C15H10F5N5O/c16-9-1-7(3-22-14(9)26-6-8-2-15(8,19)20)10-5-25-11(4-21-10)23-24-13(25)12(17)18/h1,3-5,8,12H,2,6H2. The first-order chi connectivity index (χ1) is 12.3. The van der Waals surface area contributed by atoms with Gasteiger partial charge in [0.1, 0.15) is 0 Å². The van der Waals surface area contributed by atoms with E-state index in [2.05, 4.69) is 20.2 Å². The third kappa shape index (κ3) is 2.93. The molecule has 3 aromatic rings. The summed E-state index contributed by atoms with van der Waals surface area (Å²) in [4.78, 5) is 7.77. The van der Waals surface area contributed by atoms with E-state index in [1.807, 2.05) is 0 Å². The van der Waals surface area contributed by atoms with E-state index in [1.165, 1.54) is 18.6 Å². The Hall–Kier alpha value is -2.85. The second kappa shape index (κ2) is 5.85. The molecule has 3 heterocycles. The second-order valence-electron chi connectivity index (χ2n) is 5.84. The Bertz CT molecular complexity index is 976. The van der Waals surface area contributed by atoms with E-state index in [0.717, 1.165) is 10.5 Å². The number of nitrogens with zero attached hydrogens (tertiary/aromatic N) is 5. The van der Waals surface area contributed by atoms with Crippen molar-refractivity contribution in [2.75, 3.05) is 6.61 Å². The second-order valence-corrected chi connectivity index (χ2v) is 5.84. The minimum Gasteiger partial charge on any atom is -0.475 e. The summed E-state index contributed by atoms with van der Waals surface area (Å²) in [5.41, 5.74) is 0.469. The molecule has 3 aromatic heterocycles. The van der Waals surface area contributed by atoms with Crippen LogP contribution in [-0.4, -0.2) is 37.1 Å². The molecule has 0 aliphatic heterocycles. The molecule has 0 amide bonds. The summed E-state index contributed by atoms with van der Waals surface area (Å²) in [5, 5.41) is 6.94. The van der Waals surface area contributed by atoms with Gasteiger partial charge < -0.3 is 4.74 Å². The molecule has 1 unspecified atom stereocenters. The topological polar surface area (TPSA) is 65.2 Å². The molecular weight excluding hydrogens is 361 g/mol. The van der Waals surface area contributed by atoms with E-state index in [-0.39, 0.29) is 29.9 Å². The maximum atomic E-state index is 14.1. The first kappa shape index (κ1) is 16.6. The van der Waals surface area contributed by atoms with Gasteiger partial charge in [-0.3, -0.25) is 9.38 Å². The maximum absolute atomic E-state index is 14.1. The molecule has 1 atom stereocenters. The van der Waals surface area contributed by atoms with Crippen LogP contribution in [0.4, 0.5) is 22.0 Å². The Kier molecular flexibility index (Phi) is 3.74. The fourth-order valence-electron chi connectivity index (χ4n) is 2.42. The summed E-state index contributed by atoms with van der Waals surface area (Å²) < 4.78 is 71.6. The molecule has 0 saturated heterocycles. The van der Waals surface area contributed by atoms with Crippen LogP contribution in [0.1, 0.15) is 18.7 Å². The number of fused-ring (bicyclic) bond motifs is 1. The van der Waals surface area contributed by atoms with Gasteiger partial charge in [0.05, 0.1) is 24.4 Å². The van der Waals surface area contributed by atoms with Crippen LogP contribution >= 0.6 is 0 Å². The van der Waals surface area contributed by atoms with E-state index in [0.29, 0.717) is 0 Å². The monoisotopic (exact) mass is 371 g/mol. The zero-order valence-corrected chi connectivity index (χ0v) is 12.9. The number of halogens is 5. The molecule has 136 valence electrons. The van der Waals surface area contributed by atoms with E-state index >= 15 is 0 Å². The smallest absolute Gasteiger partial charge is 0.297 e. The summed E-state index contributed by atoms with van der Waals surface area (Å²) >= 11 is 0. The lowest BCUT2D eigenvalue weighted by Gasteiger charge is -2.07. The highest BCUT2D eigenvalue weighted by molar-refractivity contribution is 5.59. The number of ether oxygens (including phenoxy) is 1. The lowest BCUT2D eigenvalue weighted by molar-refractivity contribution is 0.0842. The zero-order chi connectivity index (χ0) is 18.5. The summed E-state index contributed by atoms with van der Waals surface area (Å²) in [6.45, 7) is -0.334. The maximum Gasteiger partial charge on any atom is 0.297 e. The van der Waals surface area contributed by atoms with Crippen molar-refractivity contribution in [3.05, 3.63) is 36.3 Å². The Morgan fingerprint density at radius 2 is 2.00 bits per heavy atom. The van der Waals surface area contributed by atoms with Crippen molar-refractivity contribution in [1.29, 1.82) is 0 Å². The Labute approximate surface area is 142 Å². The number of hydrogen-bond acceptors (Lipinski definition) is 5. The van der Waals surface area contributed by atoms with Crippen LogP contribution in [0.5, 0.6) is 5.88 Å². The fraction of sp³-hybridized carbons (Fsp3) is 0.333. The lowest BCUT2D eigenvalue weighted by Crippen LogP contribution is -2.07. The molecule has 26 heavy (non-hydrogen) atoms. The van der Waals surface area contributed by atoms with Crippen LogP contribution in [0.3, 0.4) is 0 Å². The zero-order valence-electron chi connectivity index (χ0n) is 12.9. The van der Waals surface area contributed by atoms with Gasteiger partial charge in [0.2, 0.25) is 11.7 Å². The minimum absolute atomic E-state index is 0.114. The number of alkyl halides is 4. The molecule has 0 aromatic carbocycles. The number of aromatic nitrogens is 5. The van der Waals surface area contributed by atoms with E-state index < -0.39 is 35.8 Å². The van der Waals surface area contributed by atoms with E-state index in [9.17, 15) is 22.0 Å². The van der Waals surface area contributed by atoms with Crippen LogP contribution in [-0.2, 0) is 0 Å². The predicted molar refractivity (Wildman–Crippen MR) is 77.5 cm³/mol. The van der Waals surface area contributed by atoms with Gasteiger partial charge >= 0.3 is 0 Å². The molecule has 4 rings (SSSR count). The van der Waals surface area contributed by atoms with Gasteiger partial charge in [0.15, 0.2) is 11.5 Å². The first-order valence-electron chi connectivity index (χ1n) is 7.50. The highest BCUT2D eigenvalue weighted by atomic mass is 19.3. The van der Waals surface area contributed by atoms with E-state index in [1.54, 1.807) is 0 Å². The molecule has 11 heteroatoms. The minimum atomic E-state index is -2.84. The highest BCUT2D eigenvalue weighted by Gasteiger charge is 2.57. The van der Waals surface area contributed by atoms with Crippen LogP contribution in [0.15, 0.2) is 24.7 Å². The molecule has 0 bridgehead atoms. The SMILES string of the molecule is Fc1cc(-c2cn3c(C(F)F)nnc3cn2)cnc1OCC1CC1(F)F. The average Bonchev–Trinajstić information content (AvgIpc) is 3.02. The third-order valence-electron chi connectivity index (χ3n) is 3.99. The Morgan fingerprint density at radius 3 is 2.65 bits per heavy atom. The van der Waals surface area contributed by atoms with Gasteiger partial charge in [-0.15, -0.1) is 10.2 Å². The van der Waals surface area contributed by atoms with Crippen LogP contribution in [0.2, 0.25) is 0 Å². The third-order valence-corrected chi connectivity index (χ3v) is 3.99. The first-order valence-corrected chi connectivity index (χ1v) is 7.50. The molecule has 0 N–H and O–H groups in total. The molecule has 1 aliphatic carbocycles. The van der Waals surface area contributed by atoms with Crippen molar-refractivity contribution in [3.8, 4) is 17.1 Å². The summed E-state index contributed by atoms with van der Waals surface area (Å²) in [5.74, 6) is -5.55. The van der Waals surface area contributed by atoms with Gasteiger partial charge in [0.25, 0.3) is 12.3 Å². The Morgan fingerprint density at radius 1 is 1.23 bits per heavy atom. The van der Waals surface area contributed by atoms with Crippen molar-refractivity contribution >= 4 is 5.65 Å². The largest absolute Gasteiger partial charge is 0.475 e. The van der Waals surface area contributed by atoms with Crippen LogP contribution < -0.4 is 4.74 Å². The molecular formula is C15H10F5N5O.